The Morgan fingerprint density at radius 1 is 1.33 bits per heavy atom. The summed E-state index contributed by atoms with van der Waals surface area (Å²) >= 11 is 8.47. The molecule has 27 heavy (non-hydrogen) atoms. The summed E-state index contributed by atoms with van der Waals surface area (Å²) in [6, 6.07) is 13.1. The van der Waals surface area contributed by atoms with Gasteiger partial charge in [0.05, 0.1) is 9.14 Å². The van der Waals surface area contributed by atoms with Crippen molar-refractivity contribution < 1.29 is 14.4 Å². The van der Waals surface area contributed by atoms with E-state index in [9.17, 15) is 4.79 Å². The van der Waals surface area contributed by atoms with Gasteiger partial charge in [0.25, 0.3) is 0 Å². The number of benzene rings is 2. The molecule has 1 unspecified atom stereocenters. The van der Waals surface area contributed by atoms with Crippen LogP contribution in [0, 0.1) is 6.92 Å². The number of likely N-dealkylation sites (N-methyl/N-ethyl adjacent to an activating group) is 1. The van der Waals surface area contributed by atoms with Crippen molar-refractivity contribution >= 4 is 45.9 Å². The van der Waals surface area contributed by atoms with Crippen LogP contribution in [0.5, 0.6) is 5.75 Å². The van der Waals surface area contributed by atoms with Crippen LogP contribution >= 0.6 is 34.2 Å². The number of ether oxygens (including phenoxy) is 1. The van der Waals surface area contributed by atoms with Gasteiger partial charge in [-0.25, -0.2) is 0 Å². The van der Waals surface area contributed by atoms with Crippen LogP contribution in [0.1, 0.15) is 23.6 Å². The van der Waals surface area contributed by atoms with E-state index in [1.165, 1.54) is 0 Å². The summed E-state index contributed by atoms with van der Waals surface area (Å²) in [7, 11) is 0. The largest absolute Gasteiger partial charge is 0.488 e. The first-order valence-corrected chi connectivity index (χ1v) is 10.0. The molecule has 1 aliphatic rings. The molecule has 5 nitrogen and oxygen atoms in total. The lowest BCUT2D eigenvalue weighted by Crippen LogP contribution is -2.40. The van der Waals surface area contributed by atoms with Crippen LogP contribution in [-0.2, 0) is 16.2 Å². The van der Waals surface area contributed by atoms with Gasteiger partial charge in [-0.2, -0.15) is 0 Å². The SMILES string of the molecule is CCNC(=O)C1NOC(c2cc(Cl)c(C)cc2OCc2ccccc2)=C1I. The predicted molar refractivity (Wildman–Crippen MR) is 115 cm³/mol. The van der Waals surface area contributed by atoms with Crippen molar-refractivity contribution in [1.82, 2.24) is 10.8 Å². The molecule has 1 aliphatic heterocycles. The zero-order chi connectivity index (χ0) is 19.4. The smallest absolute Gasteiger partial charge is 0.245 e. The number of halogens is 2. The van der Waals surface area contributed by atoms with E-state index in [1.54, 1.807) is 0 Å². The fourth-order valence-electron chi connectivity index (χ4n) is 2.67. The van der Waals surface area contributed by atoms with Gasteiger partial charge in [0.15, 0.2) is 11.8 Å². The fraction of sp³-hybridized carbons (Fsp3) is 0.250. The van der Waals surface area contributed by atoms with Crippen molar-refractivity contribution in [3.05, 3.63) is 67.8 Å². The Labute approximate surface area is 177 Å². The average Bonchev–Trinajstić information content (AvgIpc) is 3.05. The highest BCUT2D eigenvalue weighted by atomic mass is 127. The van der Waals surface area contributed by atoms with Crippen LogP contribution in [0.3, 0.4) is 0 Å². The number of amides is 1. The zero-order valence-corrected chi connectivity index (χ0v) is 17.9. The second-order valence-electron chi connectivity index (χ2n) is 6.10. The lowest BCUT2D eigenvalue weighted by molar-refractivity contribution is -0.123. The van der Waals surface area contributed by atoms with Crippen LogP contribution in [0.25, 0.3) is 5.76 Å². The maximum Gasteiger partial charge on any atom is 0.245 e. The third-order valence-electron chi connectivity index (χ3n) is 4.11. The van der Waals surface area contributed by atoms with E-state index in [1.807, 2.05) is 56.3 Å². The normalized spacial score (nSPS) is 16.2. The first-order chi connectivity index (χ1) is 13.0. The van der Waals surface area contributed by atoms with Crippen molar-refractivity contribution in [1.29, 1.82) is 0 Å². The van der Waals surface area contributed by atoms with Crippen molar-refractivity contribution in [2.45, 2.75) is 26.5 Å². The summed E-state index contributed by atoms with van der Waals surface area (Å²) in [6.45, 7) is 4.77. The van der Waals surface area contributed by atoms with Gasteiger partial charge in [0.1, 0.15) is 12.4 Å². The minimum atomic E-state index is -0.553. The van der Waals surface area contributed by atoms with Gasteiger partial charge < -0.3 is 14.9 Å². The Balaban J connectivity index is 1.92. The molecule has 1 heterocycles. The first kappa shape index (κ1) is 20.0. The van der Waals surface area contributed by atoms with Gasteiger partial charge in [0, 0.05) is 11.6 Å². The van der Waals surface area contributed by atoms with E-state index in [4.69, 9.17) is 21.2 Å². The molecule has 0 bridgehead atoms. The first-order valence-electron chi connectivity index (χ1n) is 8.58. The molecule has 0 saturated carbocycles. The topological polar surface area (TPSA) is 59.6 Å². The second-order valence-corrected chi connectivity index (χ2v) is 7.67. The van der Waals surface area contributed by atoms with Gasteiger partial charge in [0.2, 0.25) is 5.91 Å². The standard InChI is InChI=1S/C20H20ClIN2O3/c1-3-23-20(25)18-17(22)19(27-24-18)14-10-15(21)12(2)9-16(14)26-11-13-7-5-4-6-8-13/h4-10,18,24H,3,11H2,1-2H3,(H,23,25). The molecule has 2 N–H and O–H groups in total. The third kappa shape index (κ3) is 4.56. The number of aryl methyl sites for hydroxylation is 1. The molecule has 1 amide bonds. The third-order valence-corrected chi connectivity index (χ3v) is 5.62. The van der Waals surface area contributed by atoms with E-state index >= 15 is 0 Å². The number of nitrogens with one attached hydrogen (secondary N) is 2. The Morgan fingerprint density at radius 3 is 2.78 bits per heavy atom. The molecular weight excluding hydrogens is 479 g/mol. The number of hydrogen-bond acceptors (Lipinski definition) is 4. The maximum atomic E-state index is 12.2. The Bertz CT molecular complexity index is 871. The molecule has 142 valence electrons. The van der Waals surface area contributed by atoms with Crippen LogP contribution in [0.2, 0.25) is 5.02 Å². The fourth-order valence-corrected chi connectivity index (χ4v) is 3.64. The predicted octanol–water partition coefficient (Wildman–Crippen LogP) is 4.37. The molecule has 0 radical (unpaired) electrons. The highest BCUT2D eigenvalue weighted by Crippen LogP contribution is 2.39. The van der Waals surface area contributed by atoms with Gasteiger partial charge >= 0.3 is 0 Å². The van der Waals surface area contributed by atoms with Crippen LogP contribution in [0.4, 0.5) is 0 Å². The van der Waals surface area contributed by atoms with Crippen LogP contribution < -0.4 is 15.5 Å². The van der Waals surface area contributed by atoms with Crippen molar-refractivity contribution in [2.24, 2.45) is 0 Å². The molecule has 1 atom stereocenters. The summed E-state index contributed by atoms with van der Waals surface area (Å²) in [5.74, 6) is 1.07. The molecule has 0 aromatic heterocycles. The van der Waals surface area contributed by atoms with Gasteiger partial charge in [-0.15, -0.1) is 5.48 Å². The highest BCUT2D eigenvalue weighted by molar-refractivity contribution is 14.1. The number of carbonyl (C=O) groups excluding carboxylic acids is 1. The van der Waals surface area contributed by atoms with E-state index in [0.717, 1.165) is 14.7 Å². The summed E-state index contributed by atoms with van der Waals surface area (Å²) in [5.41, 5.74) is 5.46. The molecule has 7 heteroatoms. The lowest BCUT2D eigenvalue weighted by atomic mass is 10.1. The van der Waals surface area contributed by atoms with E-state index in [2.05, 4.69) is 33.4 Å². The molecule has 0 fully saturated rings. The molecular formula is C20H20ClIN2O3. The zero-order valence-electron chi connectivity index (χ0n) is 15.0. The van der Waals surface area contributed by atoms with Crippen LogP contribution in [0.15, 0.2) is 46.0 Å². The van der Waals surface area contributed by atoms with E-state index in [-0.39, 0.29) is 5.91 Å². The minimum absolute atomic E-state index is 0.137. The molecule has 0 saturated heterocycles. The Morgan fingerprint density at radius 2 is 2.07 bits per heavy atom. The lowest BCUT2D eigenvalue weighted by Gasteiger charge is -2.14. The number of rotatable bonds is 6. The Kier molecular flexibility index (Phi) is 6.62. The summed E-state index contributed by atoms with van der Waals surface area (Å²) < 4.78 is 6.81. The maximum absolute atomic E-state index is 12.2. The van der Waals surface area contributed by atoms with Crippen molar-refractivity contribution in [3.63, 3.8) is 0 Å². The van der Waals surface area contributed by atoms with Gasteiger partial charge in [-0.05, 0) is 59.7 Å². The quantitative estimate of drug-likeness (QED) is 0.581. The van der Waals surface area contributed by atoms with E-state index in [0.29, 0.717) is 35.2 Å². The number of carbonyl (C=O) groups is 1. The molecule has 2 aromatic carbocycles. The minimum Gasteiger partial charge on any atom is -0.488 e. The average molecular weight is 499 g/mol. The molecule has 0 aliphatic carbocycles. The second kappa shape index (κ2) is 8.95. The number of hydrogen-bond donors (Lipinski definition) is 2. The summed E-state index contributed by atoms with van der Waals surface area (Å²) in [5, 5.41) is 3.40. The molecule has 3 rings (SSSR count). The van der Waals surface area contributed by atoms with Gasteiger partial charge in [-0.3, -0.25) is 4.79 Å². The van der Waals surface area contributed by atoms with E-state index < -0.39 is 6.04 Å². The van der Waals surface area contributed by atoms with Crippen molar-refractivity contribution in [3.8, 4) is 5.75 Å². The molecule has 2 aromatic rings. The molecule has 0 spiro atoms. The number of hydroxylamine groups is 1. The monoisotopic (exact) mass is 498 g/mol. The van der Waals surface area contributed by atoms with Crippen LogP contribution in [-0.4, -0.2) is 18.5 Å². The summed E-state index contributed by atoms with van der Waals surface area (Å²) in [4.78, 5) is 17.8. The summed E-state index contributed by atoms with van der Waals surface area (Å²) in [6.07, 6.45) is 0. The Hall–Kier alpha value is -1.77. The van der Waals surface area contributed by atoms with Crippen molar-refractivity contribution in [2.75, 3.05) is 6.54 Å². The highest BCUT2D eigenvalue weighted by Gasteiger charge is 2.33. The van der Waals surface area contributed by atoms with Gasteiger partial charge in [-0.1, -0.05) is 41.9 Å².